The predicted octanol–water partition coefficient (Wildman–Crippen LogP) is 9.67. The van der Waals surface area contributed by atoms with Crippen LogP contribution in [0.15, 0.2) is 70.8 Å². The Bertz CT molecular complexity index is 1760. The van der Waals surface area contributed by atoms with Crippen molar-refractivity contribution in [3.05, 3.63) is 126 Å². The van der Waals surface area contributed by atoms with Crippen molar-refractivity contribution in [1.82, 2.24) is 0 Å². The van der Waals surface area contributed by atoms with Gasteiger partial charge in [-0.05, 0) is 44.5 Å². The van der Waals surface area contributed by atoms with Crippen molar-refractivity contribution < 1.29 is 52.7 Å². The molecule has 3 aromatic rings. The summed E-state index contributed by atoms with van der Waals surface area (Å²) in [7, 11) is 0. The molecule has 0 fully saturated rings. The molecule has 4 bridgehead atoms. The Morgan fingerprint density at radius 3 is 0.739 bits per heavy atom. The highest BCUT2D eigenvalue weighted by atomic mass is 19.4. The van der Waals surface area contributed by atoms with Crippen LogP contribution in [0.3, 0.4) is 0 Å². The van der Waals surface area contributed by atoms with E-state index in [1.54, 1.807) is 0 Å². The first-order valence-electron chi connectivity index (χ1n) is 13.5. The second-order valence-electron chi connectivity index (χ2n) is 11.3. The first-order chi connectivity index (χ1) is 21.4. The van der Waals surface area contributed by atoms with Crippen molar-refractivity contribution in [3.8, 4) is 24.7 Å². The van der Waals surface area contributed by atoms with E-state index >= 15 is 0 Å². The molecule has 0 radical (unpaired) electrons. The Kier molecular flexibility index (Phi) is 5.90. The fourth-order valence-electron chi connectivity index (χ4n) is 8.12. The van der Waals surface area contributed by atoms with Crippen molar-refractivity contribution in [2.24, 2.45) is 0 Å². The first-order valence-corrected chi connectivity index (χ1v) is 13.5. The van der Waals surface area contributed by atoms with E-state index in [1.165, 1.54) is 24.3 Å². The van der Waals surface area contributed by atoms with Gasteiger partial charge in [0, 0.05) is 34.8 Å². The molecule has 0 amide bonds. The molecule has 0 heterocycles. The van der Waals surface area contributed by atoms with Crippen LogP contribution in [0.5, 0.6) is 0 Å². The normalized spacial score (nSPS) is 23.0. The average Bonchev–Trinajstić information content (AvgIpc) is 2.97. The number of rotatable bonds is 0. The molecular weight excluding hydrogens is 636 g/mol. The summed E-state index contributed by atoms with van der Waals surface area (Å²) < 4.78 is 177. The fraction of sp³-hybridized carbons (Fsp3) is 0.235. The third-order valence-electron chi connectivity index (χ3n) is 9.29. The third-order valence-corrected chi connectivity index (χ3v) is 9.29. The summed E-state index contributed by atoms with van der Waals surface area (Å²) >= 11 is 0. The van der Waals surface area contributed by atoms with E-state index in [-0.39, 0.29) is 22.3 Å². The molecule has 12 heteroatoms. The van der Waals surface area contributed by atoms with Gasteiger partial charge in [-0.3, -0.25) is 0 Å². The highest BCUT2D eigenvalue weighted by molar-refractivity contribution is 5.81. The maximum atomic E-state index is 14.7. The maximum Gasteiger partial charge on any atom is 0.413 e. The Hall–Kier alpha value is -4.58. The van der Waals surface area contributed by atoms with Gasteiger partial charge in [-0.25, -0.2) is 0 Å². The smallest absolute Gasteiger partial charge is 0.166 e. The molecule has 234 valence electrons. The summed E-state index contributed by atoms with van der Waals surface area (Å²) in [5.74, 6) is -4.87. The summed E-state index contributed by atoms with van der Waals surface area (Å²) in [5, 5.41) is 0. The quantitative estimate of drug-likeness (QED) is 0.129. The van der Waals surface area contributed by atoms with Gasteiger partial charge < -0.3 is 0 Å². The lowest BCUT2D eigenvalue weighted by Gasteiger charge is -2.50. The number of allylic oxidation sites excluding steroid dienone is 4. The average molecular weight is 650 g/mol. The zero-order valence-corrected chi connectivity index (χ0v) is 22.6. The van der Waals surface area contributed by atoms with Crippen LogP contribution in [0.4, 0.5) is 52.7 Å². The molecular formula is C34H14F12. The second-order valence-corrected chi connectivity index (χ2v) is 11.3. The van der Waals surface area contributed by atoms with Crippen LogP contribution < -0.4 is 0 Å². The van der Waals surface area contributed by atoms with E-state index in [9.17, 15) is 52.7 Å². The third kappa shape index (κ3) is 3.70. The number of halogens is 12. The Morgan fingerprint density at radius 1 is 0.391 bits per heavy atom. The second kappa shape index (κ2) is 9.03. The number of terminal acetylenes is 2. The van der Waals surface area contributed by atoms with Gasteiger partial charge in [-0.1, -0.05) is 60.4 Å². The zero-order valence-electron chi connectivity index (χ0n) is 22.6. The Balaban J connectivity index is 1.72. The SMILES string of the molecule is C#Cc1c2c(c(C#C)c3c1C1C(C(F)(F)F)=C(C(F)(F)F)C3c3ccccc31)C1C(C(F)(F)F)=C(C(F)(F)F)C2c2ccccc21. The zero-order chi connectivity index (χ0) is 33.5. The van der Waals surface area contributed by atoms with Gasteiger partial charge in [0.1, 0.15) is 0 Å². The Labute approximate surface area is 252 Å². The van der Waals surface area contributed by atoms with E-state index in [0.29, 0.717) is 0 Å². The summed E-state index contributed by atoms with van der Waals surface area (Å²) in [6.07, 6.45) is -10.8. The molecule has 46 heavy (non-hydrogen) atoms. The molecule has 0 N–H and O–H groups in total. The molecule has 0 aromatic heterocycles. The molecule has 4 atom stereocenters. The standard InChI is InChI=1S/C34H14F12/c1-3-13-19-21(25-17-11-7-5-9-15(17)23(19)27(31(35,36)37)29(25)33(41,42)43)14(4-2)22-20(13)24-16-10-6-8-12-18(16)26(22)30(34(44,45)46)28(24)32(38,39)40/h1-2,5-12,23-26H. The van der Waals surface area contributed by atoms with Crippen LogP contribution in [-0.4, -0.2) is 24.7 Å². The van der Waals surface area contributed by atoms with Crippen molar-refractivity contribution >= 4 is 0 Å². The lowest BCUT2D eigenvalue weighted by molar-refractivity contribution is -0.122. The van der Waals surface area contributed by atoms with Crippen LogP contribution in [0, 0.1) is 24.7 Å². The molecule has 0 aliphatic heterocycles. The van der Waals surface area contributed by atoms with Crippen LogP contribution in [0.25, 0.3) is 0 Å². The number of alkyl halides is 12. The van der Waals surface area contributed by atoms with Crippen LogP contribution in [-0.2, 0) is 0 Å². The van der Waals surface area contributed by atoms with Crippen LogP contribution in [0.2, 0.25) is 0 Å². The van der Waals surface area contributed by atoms with Crippen molar-refractivity contribution in [3.63, 3.8) is 0 Å². The molecule has 6 aliphatic rings. The van der Waals surface area contributed by atoms with Gasteiger partial charge in [0.05, 0.1) is 22.3 Å². The van der Waals surface area contributed by atoms with E-state index in [1.807, 2.05) is 0 Å². The minimum atomic E-state index is -5.59. The molecule has 0 spiro atoms. The minimum absolute atomic E-state index is 0.219. The predicted molar refractivity (Wildman–Crippen MR) is 141 cm³/mol. The summed E-state index contributed by atoms with van der Waals surface area (Å²) in [6.45, 7) is 0. The lowest BCUT2D eigenvalue weighted by Crippen LogP contribution is -2.43. The van der Waals surface area contributed by atoms with E-state index in [4.69, 9.17) is 12.8 Å². The molecule has 0 saturated carbocycles. The number of hydrogen-bond acceptors (Lipinski definition) is 0. The largest absolute Gasteiger partial charge is 0.413 e. The number of benzene rings is 3. The van der Waals surface area contributed by atoms with Crippen molar-refractivity contribution in [1.29, 1.82) is 0 Å². The molecule has 0 saturated heterocycles. The van der Waals surface area contributed by atoms with Gasteiger partial charge in [0.2, 0.25) is 0 Å². The van der Waals surface area contributed by atoms with Gasteiger partial charge in [-0.2, -0.15) is 52.7 Å². The highest BCUT2D eigenvalue weighted by Gasteiger charge is 2.63. The molecule has 4 unspecified atom stereocenters. The molecule has 6 aliphatic carbocycles. The lowest BCUT2D eigenvalue weighted by atomic mass is 9.53. The molecule has 3 aromatic carbocycles. The van der Waals surface area contributed by atoms with E-state index < -0.39 is 104 Å². The highest BCUT2D eigenvalue weighted by Crippen LogP contribution is 2.68. The molecule has 0 nitrogen and oxygen atoms in total. The monoisotopic (exact) mass is 650 g/mol. The van der Waals surface area contributed by atoms with Crippen molar-refractivity contribution in [2.75, 3.05) is 0 Å². The summed E-state index contributed by atoms with van der Waals surface area (Å²) in [4.78, 5) is 0. The Morgan fingerprint density at radius 2 is 0.587 bits per heavy atom. The van der Waals surface area contributed by atoms with Gasteiger partial charge in [-0.15, -0.1) is 12.8 Å². The summed E-state index contributed by atoms with van der Waals surface area (Å²) in [5.41, 5.74) is -12.4. The van der Waals surface area contributed by atoms with Gasteiger partial charge in [0.15, 0.2) is 0 Å². The van der Waals surface area contributed by atoms with Crippen molar-refractivity contribution in [2.45, 2.75) is 48.4 Å². The topological polar surface area (TPSA) is 0 Å². The van der Waals surface area contributed by atoms with Gasteiger partial charge >= 0.3 is 24.7 Å². The molecule has 9 rings (SSSR count). The van der Waals surface area contributed by atoms with Gasteiger partial charge in [0.25, 0.3) is 0 Å². The fourth-order valence-corrected chi connectivity index (χ4v) is 8.12. The van der Waals surface area contributed by atoms with E-state index in [0.717, 1.165) is 24.3 Å². The van der Waals surface area contributed by atoms with Crippen LogP contribution in [0.1, 0.15) is 79.3 Å². The first kappa shape index (κ1) is 30.1. The van der Waals surface area contributed by atoms with Crippen LogP contribution >= 0.6 is 0 Å². The minimum Gasteiger partial charge on any atom is -0.166 e. The maximum absolute atomic E-state index is 14.7. The number of hydrogen-bond donors (Lipinski definition) is 0. The summed E-state index contributed by atoms with van der Waals surface area (Å²) in [6, 6.07) is 9.79. The van der Waals surface area contributed by atoms with E-state index in [2.05, 4.69) is 11.8 Å².